The summed E-state index contributed by atoms with van der Waals surface area (Å²) in [6, 6.07) is 8.23. The molecule has 0 saturated carbocycles. The molecular weight excluding hydrogens is 499 g/mol. The molecule has 1 aromatic heterocycles. The van der Waals surface area contributed by atoms with Gasteiger partial charge >= 0.3 is 12.3 Å². The number of anilines is 2. The Morgan fingerprint density at radius 2 is 1.92 bits per heavy atom. The zero-order chi connectivity index (χ0) is 27.8. The monoisotopic (exact) mass is 531 g/mol. The first-order valence-corrected chi connectivity index (χ1v) is 12.5. The highest BCUT2D eigenvalue weighted by molar-refractivity contribution is 5.91. The number of rotatable bonds is 4. The maximum Gasteiger partial charge on any atom is 0.416 e. The van der Waals surface area contributed by atoms with Crippen molar-refractivity contribution in [1.29, 1.82) is 0 Å². The number of nitrogens with two attached hydrogens (primary N) is 1. The van der Waals surface area contributed by atoms with E-state index in [4.69, 9.17) is 10.5 Å². The Bertz CT molecular complexity index is 1400. The average Bonchev–Trinajstić information content (AvgIpc) is 2.83. The molecule has 2 atom stereocenters. The quantitative estimate of drug-likeness (QED) is 0.366. The number of hydrogen-bond donors (Lipinski definition) is 3. The zero-order valence-corrected chi connectivity index (χ0v) is 21.8. The minimum atomic E-state index is -4.53. The molecule has 2 aromatic carbocycles. The highest BCUT2D eigenvalue weighted by atomic mass is 19.4. The lowest BCUT2D eigenvalue weighted by Gasteiger charge is -2.34. The van der Waals surface area contributed by atoms with Crippen molar-refractivity contribution in [2.75, 3.05) is 24.1 Å². The van der Waals surface area contributed by atoms with Gasteiger partial charge in [0.1, 0.15) is 5.60 Å². The van der Waals surface area contributed by atoms with Crippen molar-refractivity contribution < 1.29 is 22.7 Å². The summed E-state index contributed by atoms with van der Waals surface area (Å²) in [6.45, 7) is 8.23. The van der Waals surface area contributed by atoms with Gasteiger partial charge in [0, 0.05) is 30.1 Å². The molecular formula is C27H32F3N5O3. The van der Waals surface area contributed by atoms with Crippen molar-refractivity contribution in [2.45, 2.75) is 64.3 Å². The molecule has 0 spiro atoms. The second kappa shape index (κ2) is 10.2. The number of aromatic nitrogens is 2. The van der Waals surface area contributed by atoms with Gasteiger partial charge < -0.3 is 20.7 Å². The molecule has 1 unspecified atom stereocenters. The number of halogens is 3. The second-order valence-electron chi connectivity index (χ2n) is 10.7. The van der Waals surface area contributed by atoms with Gasteiger partial charge in [-0.15, -0.1) is 0 Å². The molecule has 1 amide bonds. The summed E-state index contributed by atoms with van der Waals surface area (Å²) in [6.07, 6.45) is -3.24. The van der Waals surface area contributed by atoms with Crippen LogP contribution in [-0.2, 0) is 10.9 Å². The standard InChI is InChI=1S/C27H32F3N5O3/c1-15(18-10-19(27(28,29)30)13-20(31)11-18)32-23-22-12-16(7-8-21(22)24(36)34-33-23)17-6-5-9-35(14-17)25(37)38-26(2,3)4/h7-8,10-13,15,17H,5-6,9,14,31H2,1-4H3,(H,32,33)(H,34,36)/t15-,17?/m1/s1. The number of ether oxygens (including phenoxy) is 1. The number of H-pyrrole nitrogens is 1. The number of fused-ring (bicyclic) bond motifs is 1. The predicted octanol–water partition coefficient (Wildman–Crippen LogP) is 5.81. The molecule has 4 N–H and O–H groups in total. The number of nitrogens with one attached hydrogen (secondary N) is 2. The van der Waals surface area contributed by atoms with E-state index in [1.165, 1.54) is 6.07 Å². The SMILES string of the molecule is C[C@@H](Nc1n[nH]c(=O)c2ccc(C3CCCN(C(=O)OC(C)(C)C)C3)cc12)c1cc(N)cc(C(F)(F)F)c1. The van der Waals surface area contributed by atoms with Gasteiger partial charge in [0.05, 0.1) is 17.0 Å². The third kappa shape index (κ3) is 6.20. The molecule has 0 radical (unpaired) electrons. The van der Waals surface area contributed by atoms with Crippen molar-refractivity contribution in [3.63, 3.8) is 0 Å². The maximum atomic E-state index is 13.3. The number of carbonyl (C=O) groups is 1. The molecule has 0 aliphatic carbocycles. The fourth-order valence-corrected chi connectivity index (χ4v) is 4.67. The Labute approximate surface area is 218 Å². The van der Waals surface area contributed by atoms with Crippen LogP contribution in [0.25, 0.3) is 10.8 Å². The number of alkyl halides is 3. The number of carbonyl (C=O) groups excluding carboxylic acids is 1. The van der Waals surface area contributed by atoms with Crippen LogP contribution in [0.4, 0.5) is 29.5 Å². The topological polar surface area (TPSA) is 113 Å². The van der Waals surface area contributed by atoms with Crippen LogP contribution < -0.4 is 16.6 Å². The molecule has 204 valence electrons. The molecule has 3 aromatic rings. The Morgan fingerprint density at radius 1 is 1.18 bits per heavy atom. The number of likely N-dealkylation sites (tertiary alicyclic amines) is 1. The summed E-state index contributed by atoms with van der Waals surface area (Å²) in [4.78, 5) is 26.8. The van der Waals surface area contributed by atoms with Crippen LogP contribution in [0.2, 0.25) is 0 Å². The lowest BCUT2D eigenvalue weighted by atomic mass is 9.89. The number of hydrogen-bond acceptors (Lipinski definition) is 6. The minimum absolute atomic E-state index is 0.00288. The number of amides is 1. The Balaban J connectivity index is 1.63. The molecule has 1 fully saturated rings. The van der Waals surface area contributed by atoms with E-state index in [9.17, 15) is 22.8 Å². The number of piperidine rings is 1. The van der Waals surface area contributed by atoms with E-state index < -0.39 is 23.4 Å². The van der Waals surface area contributed by atoms with Crippen LogP contribution in [0, 0.1) is 0 Å². The normalized spacial score (nSPS) is 17.3. The fourth-order valence-electron chi connectivity index (χ4n) is 4.67. The molecule has 0 bridgehead atoms. The maximum absolute atomic E-state index is 13.3. The Morgan fingerprint density at radius 3 is 2.61 bits per heavy atom. The third-order valence-electron chi connectivity index (χ3n) is 6.52. The number of benzene rings is 2. The zero-order valence-electron chi connectivity index (χ0n) is 21.8. The molecule has 1 aliphatic heterocycles. The Hall–Kier alpha value is -3.76. The molecule has 2 heterocycles. The predicted molar refractivity (Wildman–Crippen MR) is 140 cm³/mol. The minimum Gasteiger partial charge on any atom is -0.444 e. The van der Waals surface area contributed by atoms with Crippen LogP contribution in [0.15, 0.2) is 41.2 Å². The van der Waals surface area contributed by atoms with Gasteiger partial charge in [-0.25, -0.2) is 9.89 Å². The van der Waals surface area contributed by atoms with Crippen molar-refractivity contribution in [2.24, 2.45) is 0 Å². The van der Waals surface area contributed by atoms with Crippen LogP contribution >= 0.6 is 0 Å². The summed E-state index contributed by atoms with van der Waals surface area (Å²) in [5.74, 6) is 0.346. The molecule has 1 saturated heterocycles. The first kappa shape index (κ1) is 27.3. The van der Waals surface area contributed by atoms with Crippen molar-refractivity contribution >= 4 is 28.4 Å². The van der Waals surface area contributed by atoms with Gasteiger partial charge in [0.15, 0.2) is 5.82 Å². The van der Waals surface area contributed by atoms with E-state index in [-0.39, 0.29) is 23.3 Å². The molecule has 38 heavy (non-hydrogen) atoms. The summed E-state index contributed by atoms with van der Waals surface area (Å²) in [5, 5.41) is 10.6. The second-order valence-corrected chi connectivity index (χ2v) is 10.7. The Kier molecular flexibility index (Phi) is 7.31. The fraction of sp³-hybridized carbons (Fsp3) is 0.444. The van der Waals surface area contributed by atoms with Gasteiger partial charge in [-0.3, -0.25) is 4.79 Å². The van der Waals surface area contributed by atoms with Gasteiger partial charge in [0.2, 0.25) is 0 Å². The van der Waals surface area contributed by atoms with Gasteiger partial charge in [-0.05, 0) is 82.0 Å². The molecule has 8 nitrogen and oxygen atoms in total. The highest BCUT2D eigenvalue weighted by Crippen LogP contribution is 2.35. The highest BCUT2D eigenvalue weighted by Gasteiger charge is 2.32. The lowest BCUT2D eigenvalue weighted by Crippen LogP contribution is -2.42. The number of nitrogen functional groups attached to an aromatic ring is 1. The summed E-state index contributed by atoms with van der Waals surface area (Å²) < 4.78 is 45.5. The van der Waals surface area contributed by atoms with Gasteiger partial charge in [-0.2, -0.15) is 18.3 Å². The molecule has 1 aliphatic rings. The van der Waals surface area contributed by atoms with E-state index in [2.05, 4.69) is 15.5 Å². The van der Waals surface area contributed by atoms with E-state index >= 15 is 0 Å². The van der Waals surface area contributed by atoms with Gasteiger partial charge in [0.25, 0.3) is 5.56 Å². The van der Waals surface area contributed by atoms with Crippen molar-refractivity contribution in [3.05, 3.63) is 63.4 Å². The number of aromatic amines is 1. The largest absolute Gasteiger partial charge is 0.444 e. The number of nitrogens with zero attached hydrogens (tertiary/aromatic N) is 2. The molecule has 4 rings (SSSR count). The smallest absolute Gasteiger partial charge is 0.416 e. The van der Waals surface area contributed by atoms with E-state index in [1.807, 2.05) is 32.9 Å². The lowest BCUT2D eigenvalue weighted by molar-refractivity contribution is -0.137. The first-order chi connectivity index (χ1) is 17.7. The van der Waals surface area contributed by atoms with Crippen LogP contribution in [0.3, 0.4) is 0 Å². The summed E-state index contributed by atoms with van der Waals surface area (Å²) in [5.41, 5.74) is 5.18. The third-order valence-corrected chi connectivity index (χ3v) is 6.52. The van der Waals surface area contributed by atoms with Crippen molar-refractivity contribution in [1.82, 2.24) is 15.1 Å². The van der Waals surface area contributed by atoms with Crippen LogP contribution in [-0.4, -0.2) is 39.9 Å². The molecule has 11 heteroatoms. The van der Waals surface area contributed by atoms with Crippen molar-refractivity contribution in [3.8, 4) is 0 Å². The van der Waals surface area contributed by atoms with Crippen LogP contribution in [0.1, 0.15) is 69.2 Å². The summed E-state index contributed by atoms with van der Waals surface area (Å²) in [7, 11) is 0. The first-order valence-electron chi connectivity index (χ1n) is 12.5. The van der Waals surface area contributed by atoms with E-state index in [0.29, 0.717) is 35.2 Å². The van der Waals surface area contributed by atoms with E-state index in [0.717, 1.165) is 30.5 Å². The van der Waals surface area contributed by atoms with E-state index in [1.54, 1.807) is 17.9 Å². The average molecular weight is 532 g/mol. The van der Waals surface area contributed by atoms with Crippen LogP contribution in [0.5, 0.6) is 0 Å². The van der Waals surface area contributed by atoms with Gasteiger partial charge in [-0.1, -0.05) is 6.07 Å². The summed E-state index contributed by atoms with van der Waals surface area (Å²) >= 11 is 0.